The zero-order chi connectivity index (χ0) is 39.8. The molecule has 0 amide bonds. The number of fused-ring (bicyclic) bond motifs is 1. The molecule has 8 rings (SSSR count). The highest BCUT2D eigenvalue weighted by molar-refractivity contribution is 9.10. The molecule has 2 aromatic heterocycles. The number of anilines is 1. The second-order valence-corrected chi connectivity index (χ2v) is 17.0. The Bertz CT molecular complexity index is 2250. The zero-order valence-electron chi connectivity index (χ0n) is 34.2. The van der Waals surface area contributed by atoms with E-state index in [1.165, 1.54) is 43.4 Å². The van der Waals surface area contributed by atoms with Crippen LogP contribution < -0.4 is 19.1 Å². The standard InChI is InChI=1S/C49H56BrN5O3/c1-35(13-10-18-37-23-25-40(26-24-37)58-45-22-12-20-43(50)36(45)2)54-29-31-55(32-30-54)44-21-11-19-41-47(52-53(3)48(41)44)42-27-28-46(56-33-38-14-6-4-7-15-38)51-49(42)57-34-39-16-8-5-9-17-39/h4-9,11-12,14-17,19-22,27-28,35,37,40H,10,13,18,23-26,29-34H2,1-3H3/t35-,37?,40?/m0/s1. The van der Waals surface area contributed by atoms with E-state index in [2.05, 4.69) is 100 Å². The first-order valence-electron chi connectivity index (χ1n) is 21.1. The van der Waals surface area contributed by atoms with Crippen LogP contribution in [0.5, 0.6) is 17.5 Å². The average Bonchev–Trinajstić information content (AvgIpc) is 3.61. The fourth-order valence-corrected chi connectivity index (χ4v) is 9.09. The molecule has 0 unspecified atom stereocenters. The number of ether oxygens (including phenoxy) is 3. The first-order chi connectivity index (χ1) is 28.4. The van der Waals surface area contributed by atoms with Crippen LogP contribution in [0, 0.1) is 12.8 Å². The van der Waals surface area contributed by atoms with E-state index in [0.717, 1.165) is 88.4 Å². The maximum atomic E-state index is 6.44. The molecule has 1 saturated heterocycles. The van der Waals surface area contributed by atoms with Crippen LogP contribution in [0.3, 0.4) is 0 Å². The Hall–Kier alpha value is -4.86. The fourth-order valence-electron chi connectivity index (χ4n) is 8.74. The van der Waals surface area contributed by atoms with Crippen molar-refractivity contribution < 1.29 is 14.2 Å². The van der Waals surface area contributed by atoms with E-state index in [9.17, 15) is 0 Å². The molecule has 8 nitrogen and oxygen atoms in total. The van der Waals surface area contributed by atoms with Crippen LogP contribution in [-0.2, 0) is 20.3 Å². The Balaban J connectivity index is 0.883. The molecule has 4 aromatic carbocycles. The largest absolute Gasteiger partial charge is 0.490 e. The van der Waals surface area contributed by atoms with Crippen molar-refractivity contribution in [3.8, 4) is 28.8 Å². The lowest BCUT2D eigenvalue weighted by molar-refractivity contribution is 0.124. The summed E-state index contributed by atoms with van der Waals surface area (Å²) in [7, 11) is 2.05. The summed E-state index contributed by atoms with van der Waals surface area (Å²) in [5, 5.41) is 6.20. The third kappa shape index (κ3) is 9.53. The van der Waals surface area contributed by atoms with Crippen molar-refractivity contribution in [3.63, 3.8) is 0 Å². The van der Waals surface area contributed by atoms with E-state index in [1.807, 2.05) is 60.3 Å². The lowest BCUT2D eigenvalue weighted by Gasteiger charge is -2.39. The Morgan fingerprint density at radius 3 is 2.17 bits per heavy atom. The molecule has 1 atom stereocenters. The Labute approximate surface area is 352 Å². The number of piperazine rings is 1. The summed E-state index contributed by atoms with van der Waals surface area (Å²) in [6.07, 6.45) is 9.10. The van der Waals surface area contributed by atoms with Gasteiger partial charge >= 0.3 is 0 Å². The van der Waals surface area contributed by atoms with Gasteiger partial charge in [0.1, 0.15) is 24.7 Å². The van der Waals surface area contributed by atoms with Crippen molar-refractivity contribution >= 4 is 32.5 Å². The van der Waals surface area contributed by atoms with E-state index in [0.29, 0.717) is 37.1 Å². The summed E-state index contributed by atoms with van der Waals surface area (Å²) in [6, 6.07) is 37.7. The van der Waals surface area contributed by atoms with Gasteiger partial charge in [0.2, 0.25) is 11.8 Å². The van der Waals surface area contributed by atoms with Gasteiger partial charge in [0.25, 0.3) is 0 Å². The minimum atomic E-state index is 0.341. The number of benzene rings is 4. The van der Waals surface area contributed by atoms with Gasteiger partial charge in [-0.25, -0.2) is 0 Å². The molecule has 1 aliphatic heterocycles. The smallest absolute Gasteiger partial charge is 0.226 e. The van der Waals surface area contributed by atoms with Gasteiger partial charge in [-0.2, -0.15) is 10.1 Å². The van der Waals surface area contributed by atoms with Gasteiger partial charge in [-0.1, -0.05) is 108 Å². The normalized spacial score (nSPS) is 18.0. The van der Waals surface area contributed by atoms with E-state index in [-0.39, 0.29) is 0 Å². The van der Waals surface area contributed by atoms with Crippen LogP contribution in [0.15, 0.2) is 114 Å². The van der Waals surface area contributed by atoms with E-state index < -0.39 is 0 Å². The van der Waals surface area contributed by atoms with Gasteiger partial charge in [0, 0.05) is 60.8 Å². The summed E-state index contributed by atoms with van der Waals surface area (Å²) < 4.78 is 22.1. The van der Waals surface area contributed by atoms with Gasteiger partial charge in [0.15, 0.2) is 0 Å². The summed E-state index contributed by atoms with van der Waals surface area (Å²) in [6.45, 7) is 9.49. The van der Waals surface area contributed by atoms with Crippen LogP contribution in [0.1, 0.15) is 68.6 Å². The van der Waals surface area contributed by atoms with Gasteiger partial charge in [-0.05, 0) is 87.3 Å². The van der Waals surface area contributed by atoms with Crippen molar-refractivity contribution in [1.82, 2.24) is 19.7 Å². The molecule has 58 heavy (non-hydrogen) atoms. The number of pyridine rings is 1. The van der Waals surface area contributed by atoms with Crippen LogP contribution in [-0.4, -0.2) is 58.0 Å². The lowest BCUT2D eigenvalue weighted by atomic mass is 9.84. The quantitative estimate of drug-likeness (QED) is 0.102. The number of rotatable bonds is 15. The summed E-state index contributed by atoms with van der Waals surface area (Å²) in [5.41, 5.74) is 7.42. The third-order valence-electron chi connectivity index (χ3n) is 12.2. The van der Waals surface area contributed by atoms with Crippen LogP contribution in [0.4, 0.5) is 5.69 Å². The highest BCUT2D eigenvalue weighted by atomic mass is 79.9. The number of hydrogen-bond acceptors (Lipinski definition) is 7. The van der Waals surface area contributed by atoms with Gasteiger partial charge in [-0.15, -0.1) is 0 Å². The Morgan fingerprint density at radius 2 is 1.45 bits per heavy atom. The SMILES string of the molecule is Cc1c(Br)cccc1OC1CCC(CCC[C@H](C)N2CCN(c3cccc4c(-c5ccc(OCc6ccccc6)nc5OCc5ccccc5)nn(C)c34)CC2)CC1. The minimum absolute atomic E-state index is 0.341. The summed E-state index contributed by atoms with van der Waals surface area (Å²) >= 11 is 3.65. The van der Waals surface area contributed by atoms with Crippen LogP contribution >= 0.6 is 15.9 Å². The zero-order valence-corrected chi connectivity index (χ0v) is 35.7. The first kappa shape index (κ1) is 39.9. The minimum Gasteiger partial charge on any atom is -0.490 e. The van der Waals surface area contributed by atoms with Crippen molar-refractivity contribution in [1.29, 1.82) is 0 Å². The second-order valence-electron chi connectivity index (χ2n) is 16.1. The van der Waals surface area contributed by atoms with Crippen LogP contribution in [0.2, 0.25) is 0 Å². The monoisotopic (exact) mass is 841 g/mol. The van der Waals surface area contributed by atoms with Gasteiger partial charge < -0.3 is 19.1 Å². The predicted molar refractivity (Wildman–Crippen MR) is 238 cm³/mol. The molecule has 0 radical (unpaired) electrons. The maximum absolute atomic E-state index is 6.44. The van der Waals surface area contributed by atoms with Crippen molar-refractivity contribution in [2.24, 2.45) is 13.0 Å². The molecule has 9 heteroatoms. The van der Waals surface area contributed by atoms with E-state index >= 15 is 0 Å². The highest BCUT2D eigenvalue weighted by Gasteiger charge is 2.27. The molecule has 0 N–H and O–H groups in total. The fraction of sp³-hybridized carbons (Fsp3) is 0.388. The molecular weight excluding hydrogens is 786 g/mol. The number of aromatic nitrogens is 3. The van der Waals surface area contributed by atoms with E-state index in [4.69, 9.17) is 24.3 Å². The highest BCUT2D eigenvalue weighted by Crippen LogP contribution is 2.39. The molecule has 0 bridgehead atoms. The molecule has 302 valence electrons. The lowest BCUT2D eigenvalue weighted by Crippen LogP contribution is -2.49. The Morgan fingerprint density at radius 1 is 0.759 bits per heavy atom. The average molecular weight is 843 g/mol. The predicted octanol–water partition coefficient (Wildman–Crippen LogP) is 11.2. The molecule has 0 spiro atoms. The summed E-state index contributed by atoms with van der Waals surface area (Å²) in [5.74, 6) is 2.88. The topological polar surface area (TPSA) is 64.9 Å². The first-order valence-corrected chi connectivity index (χ1v) is 21.9. The second kappa shape index (κ2) is 18.8. The third-order valence-corrected chi connectivity index (χ3v) is 13.1. The van der Waals surface area contributed by atoms with Crippen LogP contribution in [0.25, 0.3) is 22.2 Å². The molecule has 6 aromatic rings. The molecule has 2 fully saturated rings. The number of para-hydroxylation sites is 1. The molecule has 2 aliphatic rings. The molecule has 1 saturated carbocycles. The number of halogens is 1. The summed E-state index contributed by atoms with van der Waals surface area (Å²) in [4.78, 5) is 10.1. The molecular formula is C49H56BrN5O3. The number of hydrogen-bond donors (Lipinski definition) is 0. The van der Waals surface area contributed by atoms with E-state index in [1.54, 1.807) is 0 Å². The number of aryl methyl sites for hydroxylation is 1. The Kier molecular flexibility index (Phi) is 13.0. The van der Waals surface area contributed by atoms with Crippen molar-refractivity contribution in [3.05, 3.63) is 130 Å². The van der Waals surface area contributed by atoms with Crippen molar-refractivity contribution in [2.45, 2.75) is 84.2 Å². The molecule has 1 aliphatic carbocycles. The molecule has 3 heterocycles. The maximum Gasteiger partial charge on any atom is 0.226 e. The van der Waals surface area contributed by atoms with Gasteiger partial charge in [-0.3, -0.25) is 9.58 Å². The van der Waals surface area contributed by atoms with Gasteiger partial charge in [0.05, 0.1) is 22.9 Å². The van der Waals surface area contributed by atoms with Crippen molar-refractivity contribution in [2.75, 3.05) is 31.1 Å². The number of nitrogens with zero attached hydrogens (tertiary/aromatic N) is 5.